The van der Waals surface area contributed by atoms with E-state index in [-0.39, 0.29) is 11.5 Å². The molecule has 1 N–H and O–H groups in total. The molecule has 0 atom stereocenters. The SMILES string of the molecule is CC1=C(c2ccccc2O)CCCC1=O. The number of carbonyl (C=O) groups excluding carboxylic acids is 1. The summed E-state index contributed by atoms with van der Waals surface area (Å²) in [6.45, 7) is 1.85. The summed E-state index contributed by atoms with van der Waals surface area (Å²) in [7, 11) is 0. The van der Waals surface area contributed by atoms with Crippen molar-refractivity contribution in [2.24, 2.45) is 0 Å². The van der Waals surface area contributed by atoms with E-state index >= 15 is 0 Å². The van der Waals surface area contributed by atoms with E-state index in [0.29, 0.717) is 6.42 Å². The third-order valence-electron chi connectivity index (χ3n) is 2.93. The van der Waals surface area contributed by atoms with Crippen molar-refractivity contribution < 1.29 is 9.90 Å². The van der Waals surface area contributed by atoms with Gasteiger partial charge < -0.3 is 5.11 Å². The van der Waals surface area contributed by atoms with Gasteiger partial charge in [0.05, 0.1) is 0 Å². The molecule has 0 saturated carbocycles. The Morgan fingerprint density at radius 2 is 1.93 bits per heavy atom. The van der Waals surface area contributed by atoms with Crippen LogP contribution in [0.15, 0.2) is 29.8 Å². The lowest BCUT2D eigenvalue weighted by Gasteiger charge is -2.17. The number of para-hydroxylation sites is 1. The Morgan fingerprint density at radius 3 is 2.67 bits per heavy atom. The molecule has 0 heterocycles. The molecular weight excluding hydrogens is 188 g/mol. The number of Topliss-reactive ketones (excluding diaryl/α,β-unsaturated/α-hetero) is 1. The first kappa shape index (κ1) is 9.97. The van der Waals surface area contributed by atoms with Crippen LogP contribution >= 0.6 is 0 Å². The van der Waals surface area contributed by atoms with Gasteiger partial charge in [-0.3, -0.25) is 4.79 Å². The smallest absolute Gasteiger partial charge is 0.158 e. The molecule has 15 heavy (non-hydrogen) atoms. The second kappa shape index (κ2) is 3.89. The van der Waals surface area contributed by atoms with Crippen LogP contribution in [0, 0.1) is 0 Å². The van der Waals surface area contributed by atoms with Gasteiger partial charge in [0.15, 0.2) is 5.78 Å². The van der Waals surface area contributed by atoms with Crippen LogP contribution in [-0.2, 0) is 4.79 Å². The summed E-state index contributed by atoms with van der Waals surface area (Å²) in [6.07, 6.45) is 2.41. The summed E-state index contributed by atoms with van der Waals surface area (Å²) in [5, 5.41) is 9.72. The van der Waals surface area contributed by atoms with Crippen LogP contribution < -0.4 is 0 Å². The van der Waals surface area contributed by atoms with Gasteiger partial charge in [0.2, 0.25) is 0 Å². The van der Waals surface area contributed by atoms with Crippen molar-refractivity contribution in [2.45, 2.75) is 26.2 Å². The molecule has 2 heteroatoms. The monoisotopic (exact) mass is 202 g/mol. The molecule has 0 unspecified atom stereocenters. The fourth-order valence-corrected chi connectivity index (χ4v) is 2.03. The first-order valence-electron chi connectivity index (χ1n) is 5.21. The first-order chi connectivity index (χ1) is 7.20. The number of carbonyl (C=O) groups is 1. The van der Waals surface area contributed by atoms with Crippen LogP contribution in [-0.4, -0.2) is 10.9 Å². The van der Waals surface area contributed by atoms with Crippen molar-refractivity contribution in [3.05, 3.63) is 35.4 Å². The molecule has 0 fully saturated rings. The zero-order chi connectivity index (χ0) is 10.8. The highest BCUT2D eigenvalue weighted by atomic mass is 16.3. The van der Waals surface area contributed by atoms with E-state index in [0.717, 1.165) is 29.6 Å². The molecule has 1 aliphatic carbocycles. The van der Waals surface area contributed by atoms with E-state index in [1.807, 2.05) is 19.1 Å². The molecule has 0 amide bonds. The fraction of sp³-hybridized carbons (Fsp3) is 0.308. The second-order valence-corrected chi connectivity index (χ2v) is 3.90. The van der Waals surface area contributed by atoms with Gasteiger partial charge in [-0.25, -0.2) is 0 Å². The number of allylic oxidation sites excluding steroid dienone is 2. The fourth-order valence-electron chi connectivity index (χ4n) is 2.03. The molecule has 1 aliphatic rings. The number of benzene rings is 1. The number of hydrogen-bond acceptors (Lipinski definition) is 2. The van der Waals surface area contributed by atoms with Crippen LogP contribution in [0.25, 0.3) is 5.57 Å². The van der Waals surface area contributed by atoms with Gasteiger partial charge in [-0.15, -0.1) is 0 Å². The molecule has 2 nitrogen and oxygen atoms in total. The minimum absolute atomic E-state index is 0.208. The minimum Gasteiger partial charge on any atom is -0.507 e. The zero-order valence-electron chi connectivity index (χ0n) is 8.79. The van der Waals surface area contributed by atoms with E-state index in [9.17, 15) is 9.90 Å². The molecule has 0 saturated heterocycles. The van der Waals surface area contributed by atoms with Crippen molar-refractivity contribution in [1.29, 1.82) is 0 Å². The molecule has 0 aliphatic heterocycles. The Hall–Kier alpha value is -1.57. The van der Waals surface area contributed by atoms with Crippen LogP contribution in [0.2, 0.25) is 0 Å². The average molecular weight is 202 g/mol. The Kier molecular flexibility index (Phi) is 2.58. The van der Waals surface area contributed by atoms with Crippen molar-refractivity contribution in [3.63, 3.8) is 0 Å². The summed E-state index contributed by atoms with van der Waals surface area (Å²) in [4.78, 5) is 11.5. The Labute approximate surface area is 89.2 Å². The quantitative estimate of drug-likeness (QED) is 0.760. The highest BCUT2D eigenvalue weighted by Gasteiger charge is 2.19. The van der Waals surface area contributed by atoms with Gasteiger partial charge in [0.25, 0.3) is 0 Å². The molecule has 1 aromatic rings. The second-order valence-electron chi connectivity index (χ2n) is 3.90. The third kappa shape index (κ3) is 1.80. The first-order valence-corrected chi connectivity index (χ1v) is 5.21. The lowest BCUT2D eigenvalue weighted by atomic mass is 9.87. The van der Waals surface area contributed by atoms with Gasteiger partial charge in [-0.1, -0.05) is 18.2 Å². The molecule has 0 aromatic heterocycles. The van der Waals surface area contributed by atoms with Crippen LogP contribution in [0.3, 0.4) is 0 Å². The van der Waals surface area contributed by atoms with Gasteiger partial charge in [0.1, 0.15) is 5.75 Å². The third-order valence-corrected chi connectivity index (χ3v) is 2.93. The molecule has 0 spiro atoms. The highest BCUT2D eigenvalue weighted by molar-refractivity contribution is 6.03. The van der Waals surface area contributed by atoms with E-state index in [1.165, 1.54) is 0 Å². The summed E-state index contributed by atoms with van der Waals surface area (Å²) >= 11 is 0. The Bertz CT molecular complexity index is 430. The summed E-state index contributed by atoms with van der Waals surface area (Å²) in [5.41, 5.74) is 2.62. The number of ketones is 1. The predicted octanol–water partition coefficient (Wildman–Crippen LogP) is 2.92. The maximum atomic E-state index is 11.5. The van der Waals surface area contributed by atoms with Crippen LogP contribution in [0.4, 0.5) is 0 Å². The zero-order valence-corrected chi connectivity index (χ0v) is 8.79. The Balaban J connectivity index is 2.51. The topological polar surface area (TPSA) is 37.3 Å². The molecule has 0 radical (unpaired) electrons. The van der Waals surface area contributed by atoms with E-state index < -0.39 is 0 Å². The van der Waals surface area contributed by atoms with Gasteiger partial charge in [0, 0.05) is 12.0 Å². The molecule has 0 bridgehead atoms. The number of rotatable bonds is 1. The standard InChI is InChI=1S/C13H14O2/c1-9-10(6-4-8-12(9)14)11-5-2-3-7-13(11)15/h2-3,5,7,15H,4,6,8H2,1H3. The largest absolute Gasteiger partial charge is 0.507 e. The lowest BCUT2D eigenvalue weighted by molar-refractivity contribution is -0.115. The lowest BCUT2D eigenvalue weighted by Crippen LogP contribution is -2.08. The summed E-state index contributed by atoms with van der Waals surface area (Å²) in [5.74, 6) is 0.473. The van der Waals surface area contributed by atoms with Gasteiger partial charge in [-0.2, -0.15) is 0 Å². The molecule has 2 rings (SSSR count). The number of phenolic OH excluding ortho intramolecular Hbond substituents is 1. The van der Waals surface area contributed by atoms with Crippen LogP contribution in [0.1, 0.15) is 31.7 Å². The molecular formula is C13H14O2. The molecule has 78 valence electrons. The van der Waals surface area contributed by atoms with Crippen molar-refractivity contribution in [2.75, 3.05) is 0 Å². The number of aromatic hydroxyl groups is 1. The van der Waals surface area contributed by atoms with E-state index in [4.69, 9.17) is 0 Å². The predicted molar refractivity (Wildman–Crippen MR) is 59.6 cm³/mol. The summed E-state index contributed by atoms with van der Waals surface area (Å²) < 4.78 is 0. The Morgan fingerprint density at radius 1 is 1.20 bits per heavy atom. The van der Waals surface area contributed by atoms with Crippen molar-refractivity contribution >= 4 is 11.4 Å². The average Bonchev–Trinajstić information content (AvgIpc) is 2.23. The number of hydrogen-bond donors (Lipinski definition) is 1. The van der Waals surface area contributed by atoms with Crippen molar-refractivity contribution in [3.8, 4) is 5.75 Å². The van der Waals surface area contributed by atoms with Crippen LogP contribution in [0.5, 0.6) is 5.75 Å². The van der Waals surface area contributed by atoms with E-state index in [2.05, 4.69) is 0 Å². The molecule has 1 aromatic carbocycles. The van der Waals surface area contributed by atoms with E-state index in [1.54, 1.807) is 12.1 Å². The maximum absolute atomic E-state index is 11.5. The summed E-state index contributed by atoms with van der Waals surface area (Å²) in [6, 6.07) is 7.20. The maximum Gasteiger partial charge on any atom is 0.158 e. The highest BCUT2D eigenvalue weighted by Crippen LogP contribution is 2.34. The van der Waals surface area contributed by atoms with Gasteiger partial charge >= 0.3 is 0 Å². The number of phenols is 1. The minimum atomic E-state index is 0.208. The van der Waals surface area contributed by atoms with Gasteiger partial charge in [-0.05, 0) is 37.0 Å². The van der Waals surface area contributed by atoms with Crippen molar-refractivity contribution in [1.82, 2.24) is 0 Å². The normalized spacial score (nSPS) is 17.0.